The topological polar surface area (TPSA) is 61.3 Å². The SMILES string of the molecule is CCOC(=O)c1cnc(CC2CCCCO2)nc1CC. The quantitative estimate of drug-likeness (QED) is 0.774. The first-order valence-corrected chi connectivity index (χ1v) is 7.38. The normalized spacial score (nSPS) is 18.8. The van der Waals surface area contributed by atoms with Gasteiger partial charge < -0.3 is 9.47 Å². The Balaban J connectivity index is 2.09. The van der Waals surface area contributed by atoms with Gasteiger partial charge in [-0.1, -0.05) is 6.92 Å². The van der Waals surface area contributed by atoms with E-state index in [1.54, 1.807) is 13.1 Å². The molecule has 1 atom stereocenters. The summed E-state index contributed by atoms with van der Waals surface area (Å²) in [5.74, 6) is 0.409. The Morgan fingerprint density at radius 1 is 1.45 bits per heavy atom. The van der Waals surface area contributed by atoms with E-state index in [1.807, 2.05) is 6.92 Å². The van der Waals surface area contributed by atoms with Crippen molar-refractivity contribution in [3.05, 3.63) is 23.3 Å². The molecule has 1 aliphatic heterocycles. The number of esters is 1. The number of carbonyl (C=O) groups is 1. The summed E-state index contributed by atoms with van der Waals surface area (Å²) >= 11 is 0. The summed E-state index contributed by atoms with van der Waals surface area (Å²) in [7, 11) is 0. The van der Waals surface area contributed by atoms with Gasteiger partial charge in [-0.3, -0.25) is 0 Å². The lowest BCUT2D eigenvalue weighted by atomic mass is 10.1. The van der Waals surface area contributed by atoms with Crippen LogP contribution in [-0.4, -0.2) is 35.3 Å². The summed E-state index contributed by atoms with van der Waals surface area (Å²) in [6.45, 7) is 4.96. The number of ether oxygens (including phenoxy) is 2. The van der Waals surface area contributed by atoms with E-state index < -0.39 is 0 Å². The average Bonchev–Trinajstić information content (AvgIpc) is 2.48. The maximum atomic E-state index is 11.8. The van der Waals surface area contributed by atoms with Crippen molar-refractivity contribution in [2.75, 3.05) is 13.2 Å². The van der Waals surface area contributed by atoms with Crippen molar-refractivity contribution in [1.29, 1.82) is 0 Å². The van der Waals surface area contributed by atoms with E-state index in [4.69, 9.17) is 9.47 Å². The maximum absolute atomic E-state index is 11.8. The van der Waals surface area contributed by atoms with Crippen molar-refractivity contribution in [3.63, 3.8) is 0 Å². The zero-order valence-electron chi connectivity index (χ0n) is 12.2. The van der Waals surface area contributed by atoms with Gasteiger partial charge in [0, 0.05) is 19.2 Å². The molecule has 1 saturated heterocycles. The molecule has 5 heteroatoms. The third-order valence-electron chi connectivity index (χ3n) is 3.43. The highest BCUT2D eigenvalue weighted by Gasteiger charge is 2.18. The molecule has 1 aromatic rings. The van der Waals surface area contributed by atoms with Crippen LogP contribution in [0.25, 0.3) is 0 Å². The van der Waals surface area contributed by atoms with E-state index >= 15 is 0 Å². The lowest BCUT2D eigenvalue weighted by Gasteiger charge is -2.22. The van der Waals surface area contributed by atoms with Gasteiger partial charge in [-0.05, 0) is 32.6 Å². The van der Waals surface area contributed by atoms with Crippen LogP contribution >= 0.6 is 0 Å². The highest BCUT2D eigenvalue weighted by atomic mass is 16.5. The minimum absolute atomic E-state index is 0.210. The van der Waals surface area contributed by atoms with Gasteiger partial charge in [0.25, 0.3) is 0 Å². The lowest BCUT2D eigenvalue weighted by Crippen LogP contribution is -2.23. The van der Waals surface area contributed by atoms with E-state index in [0.717, 1.165) is 37.4 Å². The van der Waals surface area contributed by atoms with Gasteiger partial charge in [-0.15, -0.1) is 0 Å². The van der Waals surface area contributed by atoms with Gasteiger partial charge in [0.05, 0.1) is 24.0 Å². The number of aryl methyl sites for hydroxylation is 1. The first-order valence-electron chi connectivity index (χ1n) is 7.38. The molecule has 0 bridgehead atoms. The van der Waals surface area contributed by atoms with E-state index in [2.05, 4.69) is 9.97 Å². The zero-order chi connectivity index (χ0) is 14.4. The predicted octanol–water partition coefficient (Wildman–Crippen LogP) is 2.33. The molecule has 1 unspecified atom stereocenters. The van der Waals surface area contributed by atoms with Gasteiger partial charge in [-0.25, -0.2) is 14.8 Å². The second kappa shape index (κ2) is 7.33. The number of rotatable bonds is 5. The van der Waals surface area contributed by atoms with Gasteiger partial charge in [0.15, 0.2) is 0 Å². The van der Waals surface area contributed by atoms with Gasteiger partial charge >= 0.3 is 5.97 Å². The van der Waals surface area contributed by atoms with Crippen LogP contribution in [0.5, 0.6) is 0 Å². The van der Waals surface area contributed by atoms with Crippen LogP contribution in [0, 0.1) is 0 Å². The summed E-state index contributed by atoms with van der Waals surface area (Å²) < 4.78 is 10.7. The van der Waals surface area contributed by atoms with Crippen molar-refractivity contribution >= 4 is 5.97 Å². The smallest absolute Gasteiger partial charge is 0.341 e. The second-order valence-electron chi connectivity index (χ2n) is 4.91. The molecule has 0 aromatic carbocycles. The van der Waals surface area contributed by atoms with E-state index in [-0.39, 0.29) is 12.1 Å². The Morgan fingerprint density at radius 2 is 2.30 bits per heavy atom. The van der Waals surface area contributed by atoms with Crippen molar-refractivity contribution in [1.82, 2.24) is 9.97 Å². The Morgan fingerprint density at radius 3 is 2.95 bits per heavy atom. The highest BCUT2D eigenvalue weighted by Crippen LogP contribution is 2.17. The summed E-state index contributed by atoms with van der Waals surface area (Å²) in [4.78, 5) is 20.6. The first-order chi connectivity index (χ1) is 9.74. The van der Waals surface area contributed by atoms with Crippen LogP contribution < -0.4 is 0 Å². The summed E-state index contributed by atoms with van der Waals surface area (Å²) in [6.07, 6.45) is 6.60. The van der Waals surface area contributed by atoms with Crippen molar-refractivity contribution in [2.45, 2.75) is 52.1 Å². The molecule has 2 rings (SSSR count). The van der Waals surface area contributed by atoms with E-state index in [9.17, 15) is 4.79 Å². The monoisotopic (exact) mass is 278 g/mol. The molecule has 0 radical (unpaired) electrons. The molecule has 1 fully saturated rings. The molecule has 0 spiro atoms. The van der Waals surface area contributed by atoms with Crippen LogP contribution in [0.15, 0.2) is 6.20 Å². The molecule has 1 aromatic heterocycles. The highest BCUT2D eigenvalue weighted by molar-refractivity contribution is 5.90. The van der Waals surface area contributed by atoms with Crippen LogP contribution in [-0.2, 0) is 22.3 Å². The van der Waals surface area contributed by atoms with Crippen molar-refractivity contribution < 1.29 is 14.3 Å². The van der Waals surface area contributed by atoms with Crippen LogP contribution in [0.1, 0.15) is 55.0 Å². The molecular formula is C15H22N2O3. The number of hydrogen-bond donors (Lipinski definition) is 0. The molecular weight excluding hydrogens is 256 g/mol. The molecule has 0 N–H and O–H groups in total. The zero-order valence-corrected chi connectivity index (χ0v) is 12.2. The minimum Gasteiger partial charge on any atom is -0.462 e. The van der Waals surface area contributed by atoms with Crippen LogP contribution in [0.2, 0.25) is 0 Å². The van der Waals surface area contributed by atoms with Crippen molar-refractivity contribution in [2.24, 2.45) is 0 Å². The van der Waals surface area contributed by atoms with Crippen molar-refractivity contribution in [3.8, 4) is 0 Å². The van der Waals surface area contributed by atoms with E-state index in [0.29, 0.717) is 18.6 Å². The predicted molar refractivity (Wildman–Crippen MR) is 74.7 cm³/mol. The Bertz CT molecular complexity index is 456. The average molecular weight is 278 g/mol. The molecule has 1 aliphatic rings. The molecule has 5 nitrogen and oxygen atoms in total. The summed E-state index contributed by atoms with van der Waals surface area (Å²) in [5.41, 5.74) is 1.23. The molecule has 2 heterocycles. The number of nitrogens with zero attached hydrogens (tertiary/aromatic N) is 2. The van der Waals surface area contributed by atoms with Gasteiger partial charge in [0.2, 0.25) is 0 Å². The van der Waals surface area contributed by atoms with Crippen LogP contribution in [0.4, 0.5) is 0 Å². The lowest BCUT2D eigenvalue weighted by molar-refractivity contribution is 0.0156. The Hall–Kier alpha value is -1.49. The molecule has 110 valence electrons. The largest absolute Gasteiger partial charge is 0.462 e. The molecule has 0 aliphatic carbocycles. The number of hydrogen-bond acceptors (Lipinski definition) is 5. The Labute approximate surface area is 119 Å². The molecule has 0 amide bonds. The van der Waals surface area contributed by atoms with Crippen LogP contribution in [0.3, 0.4) is 0 Å². The summed E-state index contributed by atoms with van der Waals surface area (Å²) in [5, 5.41) is 0. The number of aromatic nitrogens is 2. The summed E-state index contributed by atoms with van der Waals surface area (Å²) in [6, 6.07) is 0. The molecule has 0 saturated carbocycles. The maximum Gasteiger partial charge on any atom is 0.341 e. The first kappa shape index (κ1) is 14.9. The third kappa shape index (κ3) is 3.76. The fraction of sp³-hybridized carbons (Fsp3) is 0.667. The Kier molecular flexibility index (Phi) is 5.47. The standard InChI is InChI=1S/C15H22N2O3/c1-3-13-12(15(18)19-4-2)10-16-14(17-13)9-11-7-5-6-8-20-11/h10-11H,3-9H2,1-2H3. The van der Waals surface area contributed by atoms with Gasteiger partial charge in [-0.2, -0.15) is 0 Å². The number of carbonyl (C=O) groups excluding carboxylic acids is 1. The fourth-order valence-corrected chi connectivity index (χ4v) is 2.38. The minimum atomic E-state index is -0.343. The molecule has 20 heavy (non-hydrogen) atoms. The fourth-order valence-electron chi connectivity index (χ4n) is 2.38. The van der Waals surface area contributed by atoms with E-state index in [1.165, 1.54) is 6.42 Å². The van der Waals surface area contributed by atoms with Gasteiger partial charge in [0.1, 0.15) is 5.82 Å². The second-order valence-corrected chi connectivity index (χ2v) is 4.91. The third-order valence-corrected chi connectivity index (χ3v) is 3.43.